The quantitative estimate of drug-likeness (QED) is 0.267. The minimum absolute atomic E-state index is 0.0198. The van der Waals surface area contributed by atoms with E-state index in [-0.39, 0.29) is 27.7 Å². The van der Waals surface area contributed by atoms with Gasteiger partial charge < -0.3 is 20.1 Å². The third-order valence-electron chi connectivity index (χ3n) is 6.29. The standard InChI is InChI=1S/C31H31N3O6S/c1-22-13-16-25(17-14-22)41(37,38)34(24-15-18-28(39-2)29(19-24)40-3)21-30(35)33-27-12-8-7-11-26(27)31(36)32-20-23-9-5-4-6-10-23/h4-19H,20-21H2,1-3H3,(H,32,36)(H,33,35). The third kappa shape index (κ3) is 7.03. The number of ether oxygens (including phenoxy) is 2. The number of methoxy groups -OCH3 is 2. The fourth-order valence-electron chi connectivity index (χ4n) is 4.12. The Labute approximate surface area is 239 Å². The van der Waals surface area contributed by atoms with Gasteiger partial charge in [0.05, 0.1) is 36.1 Å². The van der Waals surface area contributed by atoms with Crippen molar-refractivity contribution in [3.05, 3.63) is 114 Å². The van der Waals surface area contributed by atoms with Crippen molar-refractivity contribution in [2.75, 3.05) is 30.4 Å². The number of nitrogens with zero attached hydrogens (tertiary/aromatic N) is 1. The van der Waals surface area contributed by atoms with Crippen molar-refractivity contribution >= 4 is 33.2 Å². The summed E-state index contributed by atoms with van der Waals surface area (Å²) in [4.78, 5) is 26.3. The highest BCUT2D eigenvalue weighted by Gasteiger charge is 2.28. The van der Waals surface area contributed by atoms with Gasteiger partial charge in [0, 0.05) is 12.6 Å². The van der Waals surface area contributed by atoms with Crippen LogP contribution in [0.15, 0.2) is 102 Å². The van der Waals surface area contributed by atoms with Gasteiger partial charge in [-0.3, -0.25) is 13.9 Å². The second-order valence-electron chi connectivity index (χ2n) is 9.13. The van der Waals surface area contributed by atoms with Crippen LogP contribution < -0.4 is 24.4 Å². The first kappa shape index (κ1) is 29.2. The molecule has 9 nitrogen and oxygen atoms in total. The fraction of sp³-hybridized carbons (Fsp3) is 0.161. The van der Waals surface area contributed by atoms with Crippen molar-refractivity contribution in [1.82, 2.24) is 5.32 Å². The molecule has 0 bridgehead atoms. The number of hydrogen-bond acceptors (Lipinski definition) is 6. The maximum atomic E-state index is 13.8. The number of para-hydroxylation sites is 1. The zero-order chi connectivity index (χ0) is 29.4. The molecule has 4 rings (SSSR count). The highest BCUT2D eigenvalue weighted by atomic mass is 32.2. The van der Waals surface area contributed by atoms with Crippen molar-refractivity contribution in [1.29, 1.82) is 0 Å². The van der Waals surface area contributed by atoms with Gasteiger partial charge in [0.25, 0.3) is 15.9 Å². The molecule has 41 heavy (non-hydrogen) atoms. The highest BCUT2D eigenvalue weighted by Crippen LogP contribution is 2.34. The molecule has 0 spiro atoms. The number of amides is 2. The van der Waals surface area contributed by atoms with Gasteiger partial charge >= 0.3 is 0 Å². The Hall–Kier alpha value is -4.83. The average Bonchev–Trinajstić information content (AvgIpc) is 2.99. The molecule has 0 unspecified atom stereocenters. The van der Waals surface area contributed by atoms with Crippen LogP contribution in [0.25, 0.3) is 0 Å². The van der Waals surface area contributed by atoms with E-state index >= 15 is 0 Å². The van der Waals surface area contributed by atoms with Crippen molar-refractivity contribution < 1.29 is 27.5 Å². The predicted molar refractivity (Wildman–Crippen MR) is 158 cm³/mol. The molecule has 0 heterocycles. The van der Waals surface area contributed by atoms with Crippen LogP contribution in [0.2, 0.25) is 0 Å². The largest absolute Gasteiger partial charge is 0.493 e. The summed E-state index contributed by atoms with van der Waals surface area (Å²) in [7, 11) is -1.26. The molecule has 10 heteroatoms. The summed E-state index contributed by atoms with van der Waals surface area (Å²) in [5.74, 6) is -0.314. The van der Waals surface area contributed by atoms with E-state index in [1.165, 1.54) is 38.5 Å². The molecule has 0 aliphatic rings. The van der Waals surface area contributed by atoms with E-state index in [1.807, 2.05) is 37.3 Å². The summed E-state index contributed by atoms with van der Waals surface area (Å²) in [6, 6.07) is 26.9. The Morgan fingerprint density at radius 1 is 0.805 bits per heavy atom. The molecular weight excluding hydrogens is 542 g/mol. The van der Waals surface area contributed by atoms with Crippen LogP contribution in [0.1, 0.15) is 21.5 Å². The van der Waals surface area contributed by atoms with E-state index in [4.69, 9.17) is 9.47 Å². The summed E-state index contributed by atoms with van der Waals surface area (Å²) >= 11 is 0. The monoisotopic (exact) mass is 573 g/mol. The van der Waals surface area contributed by atoms with Crippen molar-refractivity contribution in [2.45, 2.75) is 18.4 Å². The van der Waals surface area contributed by atoms with E-state index in [0.29, 0.717) is 18.0 Å². The molecule has 0 radical (unpaired) electrons. The van der Waals surface area contributed by atoms with Crippen LogP contribution in [0, 0.1) is 6.92 Å². The zero-order valence-corrected chi connectivity index (χ0v) is 23.8. The number of anilines is 2. The number of benzene rings is 4. The summed E-state index contributed by atoms with van der Waals surface area (Å²) in [5.41, 5.74) is 2.52. The first-order chi connectivity index (χ1) is 19.7. The molecular formula is C31H31N3O6S. The van der Waals surface area contributed by atoms with Gasteiger partial charge in [-0.15, -0.1) is 0 Å². The Bertz CT molecular complexity index is 1620. The molecule has 0 aromatic heterocycles. The first-order valence-corrected chi connectivity index (χ1v) is 14.2. The molecule has 0 aliphatic carbocycles. The number of hydrogen-bond donors (Lipinski definition) is 2. The van der Waals surface area contributed by atoms with E-state index in [1.54, 1.807) is 42.5 Å². The first-order valence-electron chi connectivity index (χ1n) is 12.8. The lowest BCUT2D eigenvalue weighted by Crippen LogP contribution is -2.38. The molecule has 0 saturated heterocycles. The number of aryl methyl sites for hydroxylation is 1. The van der Waals surface area contributed by atoms with Gasteiger partial charge in [0.2, 0.25) is 5.91 Å². The lowest BCUT2D eigenvalue weighted by atomic mass is 10.1. The van der Waals surface area contributed by atoms with Crippen LogP contribution in [-0.2, 0) is 21.4 Å². The van der Waals surface area contributed by atoms with E-state index in [9.17, 15) is 18.0 Å². The van der Waals surface area contributed by atoms with Gasteiger partial charge in [0.1, 0.15) is 6.54 Å². The molecule has 212 valence electrons. The van der Waals surface area contributed by atoms with Gasteiger partial charge in [-0.2, -0.15) is 0 Å². The van der Waals surface area contributed by atoms with Crippen LogP contribution in [0.5, 0.6) is 11.5 Å². The van der Waals surface area contributed by atoms with Crippen LogP contribution in [0.4, 0.5) is 11.4 Å². The molecule has 4 aromatic carbocycles. The number of carbonyl (C=O) groups is 2. The smallest absolute Gasteiger partial charge is 0.264 e. The Morgan fingerprint density at radius 2 is 1.46 bits per heavy atom. The van der Waals surface area contributed by atoms with Crippen molar-refractivity contribution in [3.63, 3.8) is 0 Å². The Balaban J connectivity index is 1.61. The summed E-state index contributed by atoms with van der Waals surface area (Å²) in [5, 5.41) is 5.56. The van der Waals surface area contributed by atoms with E-state index in [0.717, 1.165) is 15.4 Å². The molecule has 2 amide bonds. The lowest BCUT2D eigenvalue weighted by Gasteiger charge is -2.25. The number of rotatable bonds is 11. The minimum atomic E-state index is -4.17. The Morgan fingerprint density at radius 3 is 2.15 bits per heavy atom. The molecule has 0 aliphatic heterocycles. The second kappa shape index (κ2) is 13.0. The summed E-state index contributed by atoms with van der Waals surface area (Å²) in [6.07, 6.45) is 0. The molecule has 0 saturated carbocycles. The van der Waals surface area contributed by atoms with E-state index < -0.39 is 22.5 Å². The van der Waals surface area contributed by atoms with E-state index in [2.05, 4.69) is 10.6 Å². The fourth-order valence-corrected chi connectivity index (χ4v) is 5.53. The highest BCUT2D eigenvalue weighted by molar-refractivity contribution is 7.92. The lowest BCUT2D eigenvalue weighted by molar-refractivity contribution is -0.114. The third-order valence-corrected chi connectivity index (χ3v) is 8.08. The second-order valence-corrected chi connectivity index (χ2v) is 11.0. The summed E-state index contributed by atoms with van der Waals surface area (Å²) < 4.78 is 39.2. The number of nitrogens with one attached hydrogen (secondary N) is 2. The van der Waals surface area contributed by atoms with Crippen molar-refractivity contribution in [2.24, 2.45) is 0 Å². The number of sulfonamides is 1. The molecule has 4 aromatic rings. The normalized spacial score (nSPS) is 10.9. The molecule has 0 fully saturated rings. The van der Waals surface area contributed by atoms with Gasteiger partial charge in [-0.25, -0.2) is 8.42 Å². The maximum absolute atomic E-state index is 13.8. The zero-order valence-electron chi connectivity index (χ0n) is 23.0. The molecule has 2 N–H and O–H groups in total. The Kier molecular flexibility index (Phi) is 9.26. The topological polar surface area (TPSA) is 114 Å². The van der Waals surface area contributed by atoms with Crippen LogP contribution in [0.3, 0.4) is 0 Å². The molecule has 0 atom stereocenters. The summed E-state index contributed by atoms with van der Waals surface area (Å²) in [6.45, 7) is 1.60. The average molecular weight is 574 g/mol. The van der Waals surface area contributed by atoms with Gasteiger partial charge in [-0.05, 0) is 48.9 Å². The van der Waals surface area contributed by atoms with Crippen molar-refractivity contribution in [3.8, 4) is 11.5 Å². The van der Waals surface area contributed by atoms with Crippen LogP contribution in [-0.4, -0.2) is 41.0 Å². The van der Waals surface area contributed by atoms with Gasteiger partial charge in [0.15, 0.2) is 11.5 Å². The van der Waals surface area contributed by atoms with Gasteiger partial charge in [-0.1, -0.05) is 60.2 Å². The SMILES string of the molecule is COc1ccc(N(CC(=O)Nc2ccccc2C(=O)NCc2ccccc2)S(=O)(=O)c2ccc(C)cc2)cc1OC. The van der Waals surface area contributed by atoms with Crippen LogP contribution >= 0.6 is 0 Å². The predicted octanol–water partition coefficient (Wildman–Crippen LogP) is 4.78. The number of carbonyl (C=O) groups excluding carboxylic acids is 2. The maximum Gasteiger partial charge on any atom is 0.264 e. The minimum Gasteiger partial charge on any atom is -0.493 e.